The lowest BCUT2D eigenvalue weighted by atomic mass is 10.00. The van der Waals surface area contributed by atoms with E-state index in [2.05, 4.69) is 59.4 Å². The van der Waals surface area contributed by atoms with Crippen LogP contribution in [0.3, 0.4) is 0 Å². The topological polar surface area (TPSA) is 25.2 Å². The van der Waals surface area contributed by atoms with Crippen LogP contribution in [0.1, 0.15) is 24.2 Å². The van der Waals surface area contributed by atoms with Crippen LogP contribution in [0, 0.1) is 0 Å². The van der Waals surface area contributed by atoms with Gasteiger partial charge in [0.1, 0.15) is 0 Å². The molecule has 20 heavy (non-hydrogen) atoms. The smallest absolute Gasteiger partial charge is 0.0808 e. The second kappa shape index (κ2) is 5.66. The number of pyridine rings is 1. The van der Waals surface area contributed by atoms with Gasteiger partial charge >= 0.3 is 0 Å². The van der Waals surface area contributed by atoms with E-state index in [0.717, 1.165) is 5.69 Å². The Kier molecular flexibility index (Phi) is 3.55. The van der Waals surface area contributed by atoms with E-state index in [1.165, 1.54) is 16.3 Å². The molecule has 0 unspecified atom stereocenters. The lowest BCUT2D eigenvalue weighted by molar-refractivity contribution is 0.833. The molecule has 2 heteroatoms. The summed E-state index contributed by atoms with van der Waals surface area (Å²) < 4.78 is 0. The van der Waals surface area contributed by atoms with Gasteiger partial charge in [0.2, 0.25) is 0 Å². The van der Waals surface area contributed by atoms with Crippen LogP contribution in [0.2, 0.25) is 0 Å². The normalized spacial score (nSPS) is 12.8. The lowest BCUT2D eigenvalue weighted by Gasteiger charge is -2.10. The van der Waals surface area contributed by atoms with Crippen molar-refractivity contribution in [1.82, 2.24) is 4.98 Å². The van der Waals surface area contributed by atoms with Crippen molar-refractivity contribution in [3.63, 3.8) is 0 Å². The fraction of sp³-hybridized carbons (Fsp3) is 0.111. The molecule has 0 fully saturated rings. The highest BCUT2D eigenvalue weighted by Gasteiger charge is 2.06. The van der Waals surface area contributed by atoms with Crippen LogP contribution in [-0.4, -0.2) is 11.2 Å². The highest BCUT2D eigenvalue weighted by Crippen LogP contribution is 2.26. The number of aliphatic imine (C=N–C) groups is 1. The molecule has 0 saturated carbocycles. The number of nitrogens with zero attached hydrogens (tertiary/aromatic N) is 2. The van der Waals surface area contributed by atoms with Gasteiger partial charge < -0.3 is 0 Å². The number of fused-ring (bicyclic) bond motifs is 1. The molecular weight excluding hydrogens is 244 g/mol. The molecule has 1 atom stereocenters. The first kappa shape index (κ1) is 12.5. The van der Waals surface area contributed by atoms with Gasteiger partial charge in [0.05, 0.1) is 11.7 Å². The van der Waals surface area contributed by atoms with Crippen LogP contribution in [0.15, 0.2) is 71.9 Å². The second-order valence-corrected chi connectivity index (χ2v) is 4.78. The van der Waals surface area contributed by atoms with Crippen LogP contribution in [0.25, 0.3) is 10.8 Å². The van der Waals surface area contributed by atoms with Crippen LogP contribution in [0.5, 0.6) is 0 Å². The van der Waals surface area contributed by atoms with Gasteiger partial charge in [-0.05, 0) is 35.4 Å². The number of hydrogen-bond donors (Lipinski definition) is 0. The van der Waals surface area contributed by atoms with Crippen LogP contribution in [0.4, 0.5) is 0 Å². The average Bonchev–Trinajstić information content (AvgIpc) is 2.53. The summed E-state index contributed by atoms with van der Waals surface area (Å²) in [6.07, 6.45) is 3.62. The number of aromatic nitrogens is 1. The van der Waals surface area contributed by atoms with Crippen molar-refractivity contribution in [2.45, 2.75) is 13.0 Å². The van der Waals surface area contributed by atoms with Crippen LogP contribution in [-0.2, 0) is 0 Å². The number of hydrogen-bond acceptors (Lipinski definition) is 2. The van der Waals surface area contributed by atoms with E-state index in [-0.39, 0.29) is 6.04 Å². The minimum atomic E-state index is 0.114. The van der Waals surface area contributed by atoms with Gasteiger partial charge in [-0.15, -0.1) is 0 Å². The van der Waals surface area contributed by atoms with E-state index >= 15 is 0 Å². The summed E-state index contributed by atoms with van der Waals surface area (Å²) in [7, 11) is 0. The van der Waals surface area contributed by atoms with Gasteiger partial charge in [-0.3, -0.25) is 9.98 Å². The van der Waals surface area contributed by atoms with Crippen molar-refractivity contribution in [2.75, 3.05) is 0 Å². The van der Waals surface area contributed by atoms with Crippen molar-refractivity contribution in [3.8, 4) is 0 Å². The fourth-order valence-electron chi connectivity index (χ4n) is 2.34. The SMILES string of the molecule is C[C@@H](N=Cc1ccccn1)c1cccc2ccccc12. The van der Waals surface area contributed by atoms with Crippen molar-refractivity contribution in [1.29, 1.82) is 0 Å². The van der Waals surface area contributed by atoms with Gasteiger partial charge in [0.25, 0.3) is 0 Å². The molecule has 1 heterocycles. The Labute approximate surface area is 118 Å². The van der Waals surface area contributed by atoms with E-state index < -0.39 is 0 Å². The van der Waals surface area contributed by atoms with Gasteiger partial charge in [0.15, 0.2) is 0 Å². The highest BCUT2D eigenvalue weighted by molar-refractivity contribution is 5.86. The standard InChI is InChI=1S/C18H16N2/c1-14(20-13-16-9-4-5-12-19-16)17-11-6-8-15-7-2-3-10-18(15)17/h2-14H,1H3/t14-/m1/s1. The molecule has 98 valence electrons. The molecule has 2 aromatic carbocycles. The zero-order valence-electron chi connectivity index (χ0n) is 11.4. The van der Waals surface area contributed by atoms with Crippen LogP contribution < -0.4 is 0 Å². The number of rotatable bonds is 3. The zero-order chi connectivity index (χ0) is 13.8. The molecule has 2 nitrogen and oxygen atoms in total. The Balaban J connectivity index is 1.93. The van der Waals surface area contributed by atoms with Gasteiger partial charge in [-0.2, -0.15) is 0 Å². The third-order valence-corrected chi connectivity index (χ3v) is 3.39. The van der Waals surface area contributed by atoms with E-state index in [1.54, 1.807) is 6.20 Å². The van der Waals surface area contributed by atoms with Crippen molar-refractivity contribution in [3.05, 3.63) is 78.1 Å². The van der Waals surface area contributed by atoms with E-state index in [1.807, 2.05) is 24.4 Å². The Hall–Kier alpha value is -2.48. The average molecular weight is 260 g/mol. The quantitative estimate of drug-likeness (QED) is 0.640. The first-order valence-electron chi connectivity index (χ1n) is 6.76. The molecule has 0 bridgehead atoms. The Morgan fingerprint density at radius 2 is 1.75 bits per heavy atom. The molecule has 0 spiro atoms. The monoisotopic (exact) mass is 260 g/mol. The summed E-state index contributed by atoms with van der Waals surface area (Å²) in [4.78, 5) is 8.88. The highest BCUT2D eigenvalue weighted by atomic mass is 14.8. The summed E-state index contributed by atoms with van der Waals surface area (Å²) in [5, 5.41) is 2.52. The Morgan fingerprint density at radius 3 is 2.60 bits per heavy atom. The molecule has 1 aromatic heterocycles. The van der Waals surface area contributed by atoms with Gasteiger partial charge in [-0.1, -0.05) is 48.5 Å². The third kappa shape index (κ3) is 2.59. The van der Waals surface area contributed by atoms with Gasteiger partial charge in [0, 0.05) is 12.4 Å². The largest absolute Gasteiger partial charge is 0.283 e. The predicted octanol–water partition coefficient (Wildman–Crippen LogP) is 4.41. The van der Waals surface area contributed by atoms with E-state index in [0.29, 0.717) is 0 Å². The molecule has 0 aliphatic heterocycles. The molecule has 0 radical (unpaired) electrons. The summed E-state index contributed by atoms with van der Waals surface area (Å²) in [6.45, 7) is 2.11. The molecule has 0 aliphatic carbocycles. The predicted molar refractivity (Wildman–Crippen MR) is 84.2 cm³/mol. The summed E-state index contributed by atoms with van der Waals surface area (Å²) in [5.41, 5.74) is 2.13. The maximum atomic E-state index is 4.63. The zero-order valence-corrected chi connectivity index (χ0v) is 11.4. The minimum absolute atomic E-state index is 0.114. The summed E-state index contributed by atoms with van der Waals surface area (Å²) >= 11 is 0. The molecule has 0 saturated heterocycles. The van der Waals surface area contributed by atoms with Crippen molar-refractivity contribution >= 4 is 17.0 Å². The maximum Gasteiger partial charge on any atom is 0.0808 e. The first-order chi connectivity index (χ1) is 9.84. The summed E-state index contributed by atoms with van der Waals surface area (Å²) in [6, 6.07) is 20.7. The van der Waals surface area contributed by atoms with E-state index in [4.69, 9.17) is 0 Å². The molecule has 0 aliphatic rings. The van der Waals surface area contributed by atoms with Gasteiger partial charge in [-0.25, -0.2) is 0 Å². The molecule has 0 amide bonds. The Morgan fingerprint density at radius 1 is 0.950 bits per heavy atom. The molecule has 3 rings (SSSR count). The minimum Gasteiger partial charge on any atom is -0.283 e. The molecule has 0 N–H and O–H groups in total. The van der Waals surface area contributed by atoms with Crippen molar-refractivity contribution < 1.29 is 0 Å². The summed E-state index contributed by atoms with van der Waals surface area (Å²) in [5.74, 6) is 0. The first-order valence-corrected chi connectivity index (χ1v) is 6.76. The van der Waals surface area contributed by atoms with Crippen LogP contribution >= 0.6 is 0 Å². The third-order valence-electron chi connectivity index (χ3n) is 3.39. The van der Waals surface area contributed by atoms with E-state index in [9.17, 15) is 0 Å². The van der Waals surface area contributed by atoms with Crippen molar-refractivity contribution in [2.24, 2.45) is 4.99 Å². The second-order valence-electron chi connectivity index (χ2n) is 4.78. The molecule has 3 aromatic rings. The lowest BCUT2D eigenvalue weighted by Crippen LogP contribution is -1.93. The molecular formula is C18H16N2. The Bertz CT molecular complexity index is 727. The number of benzene rings is 2. The fourth-order valence-corrected chi connectivity index (χ4v) is 2.34. The maximum absolute atomic E-state index is 4.63.